The predicted octanol–water partition coefficient (Wildman–Crippen LogP) is 3.77. The van der Waals surface area contributed by atoms with Gasteiger partial charge in [-0.25, -0.2) is 4.39 Å². The molecule has 1 unspecified atom stereocenters. The van der Waals surface area contributed by atoms with Crippen molar-refractivity contribution in [1.82, 2.24) is 5.32 Å². The van der Waals surface area contributed by atoms with Crippen LogP contribution in [0.25, 0.3) is 0 Å². The first-order valence-corrected chi connectivity index (χ1v) is 7.91. The zero-order valence-corrected chi connectivity index (χ0v) is 12.4. The van der Waals surface area contributed by atoms with E-state index in [4.69, 9.17) is 4.74 Å². The van der Waals surface area contributed by atoms with Crippen molar-refractivity contribution in [2.45, 2.75) is 37.0 Å². The number of rotatable bonds is 6. The van der Waals surface area contributed by atoms with Gasteiger partial charge >= 0.3 is 0 Å². The van der Waals surface area contributed by atoms with Gasteiger partial charge in [0, 0.05) is 22.6 Å². The Morgan fingerprint density at radius 3 is 2.79 bits per heavy atom. The fourth-order valence-corrected chi connectivity index (χ4v) is 4.07. The lowest BCUT2D eigenvalue weighted by Gasteiger charge is -2.20. The number of benzene rings is 1. The van der Waals surface area contributed by atoms with E-state index in [-0.39, 0.29) is 11.9 Å². The van der Waals surface area contributed by atoms with E-state index >= 15 is 0 Å². The van der Waals surface area contributed by atoms with Crippen molar-refractivity contribution in [3.8, 4) is 5.75 Å². The highest BCUT2D eigenvalue weighted by Crippen LogP contribution is 2.34. The normalized spacial score (nSPS) is 17.6. The Hall–Kier alpha value is -0.740. The lowest BCUT2D eigenvalue weighted by molar-refractivity contribution is 0.402. The highest BCUT2D eigenvalue weighted by Gasteiger charge is 2.20. The summed E-state index contributed by atoms with van der Waals surface area (Å²) < 4.78 is 18.8. The fourth-order valence-electron chi connectivity index (χ4n) is 2.59. The fraction of sp³-hybridized carbons (Fsp3) is 0.600. The summed E-state index contributed by atoms with van der Waals surface area (Å²) in [7, 11) is 3.55. The second kappa shape index (κ2) is 7.15. The number of halogens is 1. The van der Waals surface area contributed by atoms with Gasteiger partial charge in [-0.3, -0.25) is 0 Å². The number of ether oxygens (including phenoxy) is 1. The number of nitrogens with one attached hydrogen (secondary N) is 1. The molecule has 1 atom stereocenters. The first kappa shape index (κ1) is 14.7. The highest BCUT2D eigenvalue weighted by molar-refractivity contribution is 7.99. The Kier molecular flexibility index (Phi) is 5.52. The third-order valence-electron chi connectivity index (χ3n) is 3.72. The maximum atomic E-state index is 13.4. The van der Waals surface area contributed by atoms with Crippen LogP contribution in [0.1, 0.15) is 37.3 Å². The number of thioether (sulfide) groups is 1. The molecular formula is C15H22FNOS. The van der Waals surface area contributed by atoms with Crippen LogP contribution in [-0.2, 0) is 0 Å². The zero-order chi connectivity index (χ0) is 13.7. The van der Waals surface area contributed by atoms with Crippen LogP contribution in [0.2, 0.25) is 0 Å². The summed E-state index contributed by atoms with van der Waals surface area (Å²) in [5.41, 5.74) is 0.912. The van der Waals surface area contributed by atoms with E-state index in [2.05, 4.69) is 5.32 Å². The van der Waals surface area contributed by atoms with E-state index in [1.54, 1.807) is 19.2 Å². The van der Waals surface area contributed by atoms with E-state index in [9.17, 15) is 4.39 Å². The third kappa shape index (κ3) is 3.86. The van der Waals surface area contributed by atoms with Crippen LogP contribution in [0, 0.1) is 5.82 Å². The molecule has 0 radical (unpaired) electrons. The van der Waals surface area contributed by atoms with Crippen molar-refractivity contribution in [2.75, 3.05) is 19.9 Å². The van der Waals surface area contributed by atoms with Crippen molar-refractivity contribution < 1.29 is 9.13 Å². The van der Waals surface area contributed by atoms with Crippen LogP contribution in [0.15, 0.2) is 18.2 Å². The molecule has 0 aliphatic heterocycles. The van der Waals surface area contributed by atoms with Gasteiger partial charge in [-0.1, -0.05) is 12.8 Å². The quantitative estimate of drug-likeness (QED) is 0.858. The van der Waals surface area contributed by atoms with Gasteiger partial charge in [0.2, 0.25) is 0 Å². The molecule has 1 aliphatic rings. The first-order valence-electron chi connectivity index (χ1n) is 6.87. The predicted molar refractivity (Wildman–Crippen MR) is 79.5 cm³/mol. The molecule has 0 saturated heterocycles. The smallest absolute Gasteiger partial charge is 0.123 e. The summed E-state index contributed by atoms with van der Waals surface area (Å²) in [5.74, 6) is 1.51. The maximum Gasteiger partial charge on any atom is 0.123 e. The molecule has 2 nitrogen and oxygen atoms in total. The largest absolute Gasteiger partial charge is 0.496 e. The van der Waals surface area contributed by atoms with Crippen molar-refractivity contribution >= 4 is 11.8 Å². The average Bonchev–Trinajstić information content (AvgIpc) is 2.93. The van der Waals surface area contributed by atoms with Crippen LogP contribution in [0.5, 0.6) is 5.75 Å². The molecule has 1 aliphatic carbocycles. The summed E-state index contributed by atoms with van der Waals surface area (Å²) in [6.45, 7) is 0. The Morgan fingerprint density at radius 2 is 2.16 bits per heavy atom. The molecule has 0 bridgehead atoms. The van der Waals surface area contributed by atoms with Crippen LogP contribution >= 0.6 is 11.8 Å². The Morgan fingerprint density at radius 1 is 1.42 bits per heavy atom. The number of hydrogen-bond acceptors (Lipinski definition) is 3. The van der Waals surface area contributed by atoms with Crippen LogP contribution in [0.4, 0.5) is 4.39 Å². The number of hydrogen-bond donors (Lipinski definition) is 1. The van der Waals surface area contributed by atoms with Gasteiger partial charge in [0.15, 0.2) is 0 Å². The molecule has 1 fully saturated rings. The lowest BCUT2D eigenvalue weighted by atomic mass is 10.1. The Bertz CT molecular complexity index is 407. The van der Waals surface area contributed by atoms with E-state index in [1.165, 1.54) is 31.7 Å². The number of methoxy groups -OCH3 is 1. The molecule has 1 aromatic rings. The summed E-state index contributed by atoms with van der Waals surface area (Å²) in [6.07, 6.45) is 5.35. The molecule has 1 aromatic carbocycles. The molecule has 0 spiro atoms. The monoisotopic (exact) mass is 283 g/mol. The highest BCUT2D eigenvalue weighted by atomic mass is 32.2. The second-order valence-corrected chi connectivity index (χ2v) is 6.30. The second-order valence-electron chi connectivity index (χ2n) is 4.97. The first-order chi connectivity index (χ1) is 9.24. The SMILES string of the molecule is CNC(CSC1CCCC1)c1cc(F)ccc1OC. The minimum Gasteiger partial charge on any atom is -0.496 e. The Labute approximate surface area is 119 Å². The molecule has 19 heavy (non-hydrogen) atoms. The molecule has 1 saturated carbocycles. The van der Waals surface area contributed by atoms with Crippen LogP contribution in [-0.4, -0.2) is 25.2 Å². The summed E-state index contributed by atoms with van der Waals surface area (Å²) in [4.78, 5) is 0. The van der Waals surface area contributed by atoms with Crippen molar-refractivity contribution in [3.63, 3.8) is 0 Å². The van der Waals surface area contributed by atoms with Gasteiger partial charge in [-0.15, -0.1) is 0 Å². The van der Waals surface area contributed by atoms with Gasteiger partial charge in [0.05, 0.1) is 7.11 Å². The summed E-state index contributed by atoms with van der Waals surface area (Å²) in [5, 5.41) is 4.05. The van der Waals surface area contributed by atoms with Crippen molar-refractivity contribution in [1.29, 1.82) is 0 Å². The van der Waals surface area contributed by atoms with Gasteiger partial charge in [-0.05, 0) is 38.1 Å². The van der Waals surface area contributed by atoms with Crippen LogP contribution < -0.4 is 10.1 Å². The summed E-state index contributed by atoms with van der Waals surface area (Å²) in [6, 6.07) is 4.86. The van der Waals surface area contributed by atoms with Gasteiger partial charge in [-0.2, -0.15) is 11.8 Å². The molecule has 0 amide bonds. The molecule has 1 N–H and O–H groups in total. The minimum atomic E-state index is -0.207. The molecule has 2 rings (SSSR count). The third-order valence-corrected chi connectivity index (χ3v) is 5.19. The zero-order valence-electron chi connectivity index (χ0n) is 11.6. The van der Waals surface area contributed by atoms with Gasteiger partial charge < -0.3 is 10.1 Å². The van der Waals surface area contributed by atoms with Crippen molar-refractivity contribution in [2.24, 2.45) is 0 Å². The topological polar surface area (TPSA) is 21.3 Å². The van der Waals surface area contributed by atoms with E-state index < -0.39 is 0 Å². The molecule has 4 heteroatoms. The van der Waals surface area contributed by atoms with Crippen molar-refractivity contribution in [3.05, 3.63) is 29.6 Å². The van der Waals surface area contributed by atoms with E-state index in [1.807, 2.05) is 18.8 Å². The Balaban J connectivity index is 2.05. The lowest BCUT2D eigenvalue weighted by Crippen LogP contribution is -2.20. The average molecular weight is 283 g/mol. The molecular weight excluding hydrogens is 261 g/mol. The van der Waals surface area contributed by atoms with Gasteiger partial charge in [0.25, 0.3) is 0 Å². The van der Waals surface area contributed by atoms with Gasteiger partial charge in [0.1, 0.15) is 11.6 Å². The summed E-state index contributed by atoms with van der Waals surface area (Å²) >= 11 is 2.00. The van der Waals surface area contributed by atoms with E-state index in [0.717, 1.165) is 22.3 Å². The molecule has 0 heterocycles. The standard InChI is InChI=1S/C15H22FNOS/c1-17-14(10-19-12-5-3-4-6-12)13-9-11(16)7-8-15(13)18-2/h7-9,12,14,17H,3-6,10H2,1-2H3. The molecule has 106 valence electrons. The van der Waals surface area contributed by atoms with Crippen LogP contribution in [0.3, 0.4) is 0 Å². The minimum absolute atomic E-state index is 0.135. The van der Waals surface area contributed by atoms with E-state index in [0.29, 0.717) is 0 Å². The molecule has 0 aromatic heterocycles. The maximum absolute atomic E-state index is 13.4.